The normalized spacial score (nSPS) is 11.5. The number of hydrogen-bond acceptors (Lipinski definition) is 9. The number of esters is 1. The maximum absolute atomic E-state index is 12.0. The zero-order valence-electron chi connectivity index (χ0n) is 29.5. The molecule has 1 unspecified atom stereocenters. The summed E-state index contributed by atoms with van der Waals surface area (Å²) in [5.74, 6) is -0.330. The minimum atomic E-state index is -0.330. The van der Waals surface area contributed by atoms with E-state index < -0.39 is 0 Å². The molecule has 9 heteroatoms. The standard InChI is InChI=1S/C43H43N7O2.H2/c1-4-28(3)44-37-22-23-39(32-13-7-6-12-31(32)37)47-48-41-26-27-42(36-17-11-10-16-35(36)41)50-49-40-25-24-38(33-14-8-9-15-34(33)40)46-45-30-20-18-29(19-21-30)43(51)52-5-2;/h6-28,44-50H,4-5H2,1-3H3;1H. The van der Waals surface area contributed by atoms with Gasteiger partial charge in [0.2, 0.25) is 0 Å². The van der Waals surface area contributed by atoms with Crippen molar-refractivity contribution in [1.82, 2.24) is 0 Å². The molecule has 9 nitrogen and oxygen atoms in total. The van der Waals surface area contributed by atoms with E-state index in [0.717, 1.165) is 73.2 Å². The molecule has 7 rings (SSSR count). The monoisotopic (exact) mass is 691 g/mol. The van der Waals surface area contributed by atoms with Crippen LogP contribution in [0.3, 0.4) is 0 Å². The van der Waals surface area contributed by atoms with E-state index in [9.17, 15) is 4.79 Å². The molecule has 0 saturated heterocycles. The van der Waals surface area contributed by atoms with Crippen LogP contribution in [0.4, 0.5) is 39.8 Å². The van der Waals surface area contributed by atoms with Crippen LogP contribution in [0.5, 0.6) is 0 Å². The molecular formula is C43H45N7O2. The van der Waals surface area contributed by atoms with Crippen molar-refractivity contribution in [2.75, 3.05) is 44.5 Å². The fraction of sp³-hybridized carbons (Fsp3) is 0.140. The van der Waals surface area contributed by atoms with E-state index in [2.05, 4.69) is 137 Å². The summed E-state index contributed by atoms with van der Waals surface area (Å²) in [7, 11) is 0. The number of nitrogens with one attached hydrogen (secondary N) is 7. The minimum absolute atomic E-state index is 0. The fourth-order valence-corrected chi connectivity index (χ4v) is 6.25. The number of hydrazine groups is 3. The number of anilines is 7. The zero-order chi connectivity index (χ0) is 35.9. The highest BCUT2D eigenvalue weighted by Crippen LogP contribution is 2.35. The second-order valence-corrected chi connectivity index (χ2v) is 12.6. The zero-order valence-corrected chi connectivity index (χ0v) is 29.5. The van der Waals surface area contributed by atoms with Crippen LogP contribution in [0.2, 0.25) is 0 Å². The maximum atomic E-state index is 12.0. The highest BCUT2D eigenvalue weighted by molar-refractivity contribution is 6.06. The SMILES string of the molecule is CCOC(=O)c1ccc(NNc2ccc(NNc3ccc(NNc4ccc(NC(C)CC)c5ccccc45)c4ccccc34)c3ccccc23)cc1.[HH]. The van der Waals surface area contributed by atoms with Crippen LogP contribution in [-0.4, -0.2) is 18.6 Å². The molecular weight excluding hydrogens is 647 g/mol. The molecule has 0 aliphatic heterocycles. The predicted molar refractivity (Wildman–Crippen MR) is 221 cm³/mol. The first-order chi connectivity index (χ1) is 25.5. The van der Waals surface area contributed by atoms with E-state index in [4.69, 9.17) is 4.74 Å². The van der Waals surface area contributed by atoms with Gasteiger partial charge in [0.05, 0.1) is 46.3 Å². The molecule has 1 atom stereocenters. The second-order valence-electron chi connectivity index (χ2n) is 12.6. The third-order valence-corrected chi connectivity index (χ3v) is 9.19. The minimum Gasteiger partial charge on any atom is -0.462 e. The molecule has 0 amide bonds. The van der Waals surface area contributed by atoms with Gasteiger partial charge in [-0.25, -0.2) is 4.79 Å². The molecule has 7 aromatic carbocycles. The predicted octanol–water partition coefficient (Wildman–Crippen LogP) is 11.1. The van der Waals surface area contributed by atoms with Crippen LogP contribution < -0.4 is 37.9 Å². The molecule has 0 aromatic heterocycles. The molecule has 0 aliphatic rings. The average molecular weight is 692 g/mol. The fourth-order valence-electron chi connectivity index (χ4n) is 6.25. The summed E-state index contributed by atoms with van der Waals surface area (Å²) in [6, 6.07) is 45.1. The summed E-state index contributed by atoms with van der Waals surface area (Å²) in [4.78, 5) is 12.0. The van der Waals surface area contributed by atoms with Crippen molar-refractivity contribution in [2.24, 2.45) is 0 Å². The molecule has 7 N–H and O–H groups in total. The van der Waals surface area contributed by atoms with Crippen molar-refractivity contribution in [3.63, 3.8) is 0 Å². The number of carbonyl (C=O) groups is 1. The molecule has 52 heavy (non-hydrogen) atoms. The Morgan fingerprint density at radius 3 is 1.21 bits per heavy atom. The molecule has 0 heterocycles. The number of ether oxygens (including phenoxy) is 1. The van der Waals surface area contributed by atoms with Crippen LogP contribution in [-0.2, 0) is 4.74 Å². The summed E-state index contributed by atoms with van der Waals surface area (Å²) in [5.41, 5.74) is 27.7. The van der Waals surface area contributed by atoms with Gasteiger partial charge in [0, 0.05) is 45.5 Å². The van der Waals surface area contributed by atoms with Gasteiger partial charge in [0.1, 0.15) is 0 Å². The van der Waals surface area contributed by atoms with Gasteiger partial charge < -0.3 is 42.6 Å². The van der Waals surface area contributed by atoms with Gasteiger partial charge in [-0.3, -0.25) is 0 Å². The molecule has 0 saturated carbocycles. The first-order valence-electron chi connectivity index (χ1n) is 17.7. The van der Waals surface area contributed by atoms with E-state index in [1.54, 1.807) is 19.1 Å². The summed E-state index contributed by atoms with van der Waals surface area (Å²) < 4.78 is 5.09. The second kappa shape index (κ2) is 15.5. The van der Waals surface area contributed by atoms with E-state index in [1.165, 1.54) is 5.39 Å². The van der Waals surface area contributed by atoms with Crippen molar-refractivity contribution < 1.29 is 11.0 Å². The molecule has 0 radical (unpaired) electrons. The van der Waals surface area contributed by atoms with Crippen LogP contribution in [0.15, 0.2) is 133 Å². The van der Waals surface area contributed by atoms with Crippen molar-refractivity contribution in [3.8, 4) is 0 Å². The Labute approximate surface area is 305 Å². The molecule has 264 valence electrons. The van der Waals surface area contributed by atoms with Gasteiger partial charge in [-0.05, 0) is 80.9 Å². The number of hydrogen-bond donors (Lipinski definition) is 7. The van der Waals surface area contributed by atoms with Gasteiger partial charge in [0.15, 0.2) is 0 Å². The summed E-state index contributed by atoms with van der Waals surface area (Å²) in [6.45, 7) is 6.54. The number of rotatable bonds is 14. The largest absolute Gasteiger partial charge is 0.462 e. The Kier molecular flexibility index (Phi) is 10.1. The lowest BCUT2D eigenvalue weighted by atomic mass is 10.1. The molecule has 0 aliphatic carbocycles. The van der Waals surface area contributed by atoms with Crippen molar-refractivity contribution in [2.45, 2.75) is 33.2 Å². The topological polar surface area (TPSA) is 111 Å². The van der Waals surface area contributed by atoms with Crippen LogP contribution in [0.25, 0.3) is 32.3 Å². The van der Waals surface area contributed by atoms with Gasteiger partial charge in [0.25, 0.3) is 0 Å². The first kappa shape index (κ1) is 33.9. The average Bonchev–Trinajstić information content (AvgIpc) is 3.19. The highest BCUT2D eigenvalue weighted by atomic mass is 16.5. The Morgan fingerprint density at radius 2 is 0.846 bits per heavy atom. The van der Waals surface area contributed by atoms with E-state index >= 15 is 0 Å². The number of fused-ring (bicyclic) bond motifs is 3. The van der Waals surface area contributed by atoms with Crippen molar-refractivity contribution in [1.29, 1.82) is 0 Å². The van der Waals surface area contributed by atoms with Crippen LogP contribution in [0.1, 0.15) is 39.0 Å². The molecule has 0 bridgehead atoms. The van der Waals surface area contributed by atoms with Gasteiger partial charge >= 0.3 is 5.97 Å². The Morgan fingerprint density at radius 1 is 0.500 bits per heavy atom. The smallest absolute Gasteiger partial charge is 0.338 e. The van der Waals surface area contributed by atoms with E-state index in [-0.39, 0.29) is 7.40 Å². The first-order valence-corrected chi connectivity index (χ1v) is 17.7. The van der Waals surface area contributed by atoms with E-state index in [0.29, 0.717) is 18.2 Å². The van der Waals surface area contributed by atoms with E-state index in [1.807, 2.05) is 36.4 Å². The molecule has 0 spiro atoms. The van der Waals surface area contributed by atoms with Crippen molar-refractivity contribution in [3.05, 3.63) is 139 Å². The van der Waals surface area contributed by atoms with Gasteiger partial charge in [-0.2, -0.15) is 0 Å². The summed E-state index contributed by atoms with van der Waals surface area (Å²) in [6.07, 6.45) is 1.06. The quantitative estimate of drug-likeness (QED) is 0.0443. The summed E-state index contributed by atoms with van der Waals surface area (Å²) >= 11 is 0. The van der Waals surface area contributed by atoms with Crippen LogP contribution in [0, 0.1) is 0 Å². The van der Waals surface area contributed by atoms with Gasteiger partial charge in [-0.15, -0.1) is 0 Å². The Hall–Kier alpha value is -6.61. The number of carbonyl (C=O) groups excluding carboxylic acids is 1. The summed E-state index contributed by atoms with van der Waals surface area (Å²) in [5, 5.41) is 10.2. The van der Waals surface area contributed by atoms with Crippen LogP contribution >= 0.6 is 0 Å². The highest BCUT2D eigenvalue weighted by Gasteiger charge is 2.12. The Balaban J connectivity index is 0.00000481. The lowest BCUT2D eigenvalue weighted by Gasteiger charge is -2.20. The third kappa shape index (κ3) is 7.29. The Bertz CT molecular complexity index is 2350. The van der Waals surface area contributed by atoms with Gasteiger partial charge in [-0.1, -0.05) is 79.7 Å². The lowest BCUT2D eigenvalue weighted by Crippen LogP contribution is -2.14. The van der Waals surface area contributed by atoms with Crippen molar-refractivity contribution >= 4 is 78.1 Å². The maximum Gasteiger partial charge on any atom is 0.338 e. The molecule has 0 fully saturated rings. The molecule has 7 aromatic rings. The third-order valence-electron chi connectivity index (χ3n) is 9.19. The number of benzene rings is 7. The lowest BCUT2D eigenvalue weighted by molar-refractivity contribution is 0.0526.